The summed E-state index contributed by atoms with van der Waals surface area (Å²) in [6.45, 7) is 0.946. The SMILES string of the molecule is O=C(NNCCc1ccccc1Cl)[C@@]1(Cc2ccccc2Br)N=C(c2ccc(OCCCO)cc2)O[C@H]1c1ccccc1Br. The van der Waals surface area contributed by atoms with E-state index >= 15 is 0 Å². The van der Waals surface area contributed by atoms with E-state index in [0.717, 1.165) is 25.6 Å². The first-order valence-corrected chi connectivity index (χ1v) is 16.2. The van der Waals surface area contributed by atoms with Crippen molar-refractivity contribution in [1.82, 2.24) is 10.9 Å². The molecule has 1 aliphatic heterocycles. The van der Waals surface area contributed by atoms with Crippen molar-refractivity contribution in [1.29, 1.82) is 0 Å². The number of nitrogens with one attached hydrogen (secondary N) is 2. The van der Waals surface area contributed by atoms with E-state index in [-0.39, 0.29) is 18.9 Å². The number of benzene rings is 4. The number of rotatable bonds is 13. The van der Waals surface area contributed by atoms with Gasteiger partial charge in [0.2, 0.25) is 5.90 Å². The van der Waals surface area contributed by atoms with E-state index in [1.165, 1.54) is 0 Å². The second-order valence-corrected chi connectivity index (χ2v) is 12.4. The van der Waals surface area contributed by atoms with Crippen molar-refractivity contribution in [3.05, 3.63) is 133 Å². The topological polar surface area (TPSA) is 92.2 Å². The lowest BCUT2D eigenvalue weighted by Gasteiger charge is -2.31. The van der Waals surface area contributed by atoms with Gasteiger partial charge in [-0.25, -0.2) is 10.4 Å². The zero-order valence-electron chi connectivity index (χ0n) is 23.8. The molecule has 0 saturated heterocycles. The Bertz CT molecular complexity index is 1620. The first-order chi connectivity index (χ1) is 21.4. The number of carbonyl (C=O) groups is 1. The van der Waals surface area contributed by atoms with E-state index in [4.69, 9.17) is 31.2 Å². The second-order valence-electron chi connectivity index (χ2n) is 10.3. The van der Waals surface area contributed by atoms with Gasteiger partial charge in [0.1, 0.15) is 5.75 Å². The highest BCUT2D eigenvalue weighted by Crippen LogP contribution is 2.45. The number of carbonyl (C=O) groups excluding carboxylic acids is 1. The standard InChI is InChI=1S/C34H32Br2ClN3O4/c35-28-11-4-1-9-25(28)22-34(33(42)40-38-19-18-23-8-2-6-13-30(23)37)31(27-10-3-5-12-29(27)36)44-32(39-34)24-14-16-26(17-15-24)43-21-7-20-41/h1-6,8-17,31,38,41H,7,18-22H2,(H,40,42)/t31-,34-/m0/s1. The highest BCUT2D eigenvalue weighted by Gasteiger charge is 2.54. The third-order valence-corrected chi connectivity index (χ3v) is 9.18. The minimum absolute atomic E-state index is 0.0652. The number of amides is 1. The van der Waals surface area contributed by atoms with Crippen LogP contribution in [0.1, 0.15) is 34.8 Å². The molecule has 10 heteroatoms. The van der Waals surface area contributed by atoms with Crippen molar-refractivity contribution in [3.8, 4) is 5.75 Å². The van der Waals surface area contributed by atoms with Crippen LogP contribution in [0.25, 0.3) is 0 Å². The minimum Gasteiger partial charge on any atom is -0.494 e. The van der Waals surface area contributed by atoms with Gasteiger partial charge in [-0.15, -0.1) is 0 Å². The maximum atomic E-state index is 14.4. The Morgan fingerprint density at radius 1 is 0.932 bits per heavy atom. The number of nitrogens with zero attached hydrogens (tertiary/aromatic N) is 1. The van der Waals surface area contributed by atoms with Crippen LogP contribution in [0.5, 0.6) is 5.75 Å². The number of halogens is 3. The van der Waals surface area contributed by atoms with Crippen molar-refractivity contribution in [2.45, 2.75) is 30.9 Å². The molecule has 1 amide bonds. The van der Waals surface area contributed by atoms with E-state index < -0.39 is 11.6 Å². The van der Waals surface area contributed by atoms with Gasteiger partial charge < -0.3 is 14.6 Å². The molecule has 7 nitrogen and oxygen atoms in total. The Kier molecular flexibility index (Phi) is 11.1. The van der Waals surface area contributed by atoms with E-state index in [2.05, 4.69) is 42.7 Å². The summed E-state index contributed by atoms with van der Waals surface area (Å²) in [6.07, 6.45) is 0.697. The molecule has 0 radical (unpaired) electrons. The third-order valence-electron chi connectivity index (χ3n) is 7.31. The summed E-state index contributed by atoms with van der Waals surface area (Å²) >= 11 is 13.7. The van der Waals surface area contributed by atoms with Crippen LogP contribution in [0.15, 0.2) is 111 Å². The summed E-state index contributed by atoms with van der Waals surface area (Å²) in [5.41, 5.74) is 8.08. The molecule has 0 unspecified atom stereocenters. The van der Waals surface area contributed by atoms with Crippen LogP contribution in [0.3, 0.4) is 0 Å². The molecule has 228 valence electrons. The zero-order chi connectivity index (χ0) is 30.9. The third kappa shape index (κ3) is 7.53. The molecule has 0 spiro atoms. The van der Waals surface area contributed by atoms with Gasteiger partial charge in [0.25, 0.3) is 5.91 Å². The summed E-state index contributed by atoms with van der Waals surface area (Å²) in [5.74, 6) is 0.696. The van der Waals surface area contributed by atoms with Crippen molar-refractivity contribution >= 4 is 55.3 Å². The molecular weight excluding hydrogens is 710 g/mol. The molecule has 4 aromatic rings. The van der Waals surface area contributed by atoms with Gasteiger partial charge in [-0.2, -0.15) is 0 Å². The zero-order valence-corrected chi connectivity index (χ0v) is 27.7. The van der Waals surface area contributed by atoms with Crippen LogP contribution in [-0.2, 0) is 22.4 Å². The molecule has 0 aliphatic carbocycles. The van der Waals surface area contributed by atoms with Gasteiger partial charge in [-0.1, -0.05) is 98.1 Å². The smallest absolute Gasteiger partial charge is 0.266 e. The van der Waals surface area contributed by atoms with Crippen molar-refractivity contribution in [2.24, 2.45) is 4.99 Å². The molecule has 0 aromatic heterocycles. The predicted molar refractivity (Wildman–Crippen MR) is 180 cm³/mol. The molecular formula is C34H32Br2ClN3O4. The number of ether oxygens (including phenoxy) is 2. The Labute approximate surface area is 278 Å². The van der Waals surface area contributed by atoms with Gasteiger partial charge >= 0.3 is 0 Å². The van der Waals surface area contributed by atoms with Crippen LogP contribution >= 0.6 is 43.5 Å². The molecule has 5 rings (SSSR count). The summed E-state index contributed by atoms with van der Waals surface area (Å²) in [6, 6.07) is 30.5. The van der Waals surface area contributed by atoms with Gasteiger partial charge in [0, 0.05) is 51.1 Å². The lowest BCUT2D eigenvalue weighted by atomic mass is 9.82. The fourth-order valence-electron chi connectivity index (χ4n) is 5.03. The number of hydrazine groups is 1. The molecule has 0 bridgehead atoms. The van der Waals surface area contributed by atoms with E-state index in [1.807, 2.05) is 97.1 Å². The fourth-order valence-corrected chi connectivity index (χ4v) is 6.18. The number of aliphatic hydroxyl groups is 1. The van der Waals surface area contributed by atoms with Gasteiger partial charge in [0.15, 0.2) is 11.6 Å². The number of hydrogen-bond acceptors (Lipinski definition) is 6. The van der Waals surface area contributed by atoms with Crippen molar-refractivity contribution < 1.29 is 19.4 Å². The van der Waals surface area contributed by atoms with Crippen molar-refractivity contribution in [3.63, 3.8) is 0 Å². The average molecular weight is 742 g/mol. The Balaban J connectivity index is 1.49. The summed E-state index contributed by atoms with van der Waals surface area (Å²) in [5, 5.41) is 9.74. The number of hydrogen-bond donors (Lipinski definition) is 3. The maximum Gasteiger partial charge on any atom is 0.266 e. The normalized spacial score (nSPS) is 17.5. The molecule has 44 heavy (non-hydrogen) atoms. The molecule has 1 aliphatic rings. The Morgan fingerprint density at radius 3 is 2.32 bits per heavy atom. The Hall–Kier alpha value is -3.21. The molecule has 4 aromatic carbocycles. The largest absolute Gasteiger partial charge is 0.494 e. The highest BCUT2D eigenvalue weighted by molar-refractivity contribution is 9.10. The molecule has 0 fully saturated rings. The summed E-state index contributed by atoms with van der Waals surface area (Å²) < 4.78 is 14.0. The van der Waals surface area contributed by atoms with Crippen LogP contribution in [0, 0.1) is 0 Å². The number of aliphatic imine (C=N–C) groups is 1. The lowest BCUT2D eigenvalue weighted by molar-refractivity contribution is -0.130. The van der Waals surface area contributed by atoms with Gasteiger partial charge in [-0.3, -0.25) is 10.2 Å². The maximum absolute atomic E-state index is 14.4. The Morgan fingerprint density at radius 2 is 1.61 bits per heavy atom. The molecule has 3 N–H and O–H groups in total. The van der Waals surface area contributed by atoms with Crippen LogP contribution < -0.4 is 15.6 Å². The van der Waals surface area contributed by atoms with E-state index in [9.17, 15) is 4.79 Å². The quantitative estimate of drug-likeness (QED) is 0.102. The predicted octanol–water partition coefficient (Wildman–Crippen LogP) is 6.99. The lowest BCUT2D eigenvalue weighted by Crippen LogP contribution is -2.54. The van der Waals surface area contributed by atoms with Crippen LogP contribution in [0.2, 0.25) is 5.02 Å². The van der Waals surface area contributed by atoms with Gasteiger partial charge in [-0.05, 0) is 60.0 Å². The van der Waals surface area contributed by atoms with Crippen molar-refractivity contribution in [2.75, 3.05) is 19.8 Å². The number of aliphatic hydroxyl groups excluding tert-OH is 1. The first-order valence-electron chi connectivity index (χ1n) is 14.3. The summed E-state index contributed by atoms with van der Waals surface area (Å²) in [4.78, 5) is 19.5. The molecule has 0 saturated carbocycles. The van der Waals surface area contributed by atoms with E-state index in [1.54, 1.807) is 0 Å². The van der Waals surface area contributed by atoms with Gasteiger partial charge in [0.05, 0.1) is 6.61 Å². The molecule has 1 heterocycles. The fraction of sp³-hybridized carbons (Fsp3) is 0.235. The minimum atomic E-state index is -1.36. The van der Waals surface area contributed by atoms with E-state index in [0.29, 0.717) is 48.2 Å². The van der Waals surface area contributed by atoms with Crippen LogP contribution in [0.4, 0.5) is 0 Å². The average Bonchev–Trinajstić information content (AvgIpc) is 3.42. The second kappa shape index (κ2) is 15.2. The summed E-state index contributed by atoms with van der Waals surface area (Å²) in [7, 11) is 0. The monoisotopic (exact) mass is 739 g/mol. The van der Waals surface area contributed by atoms with Crippen LogP contribution in [-0.4, -0.2) is 42.2 Å². The molecule has 2 atom stereocenters. The first kappa shape index (κ1) is 32.2. The highest BCUT2D eigenvalue weighted by atomic mass is 79.9.